The SMILES string of the molecule is CC(C)(C)OC(=O)N1CCCC2(C1)Oc1cc(C(F)(F)F)ccc1-c1nc(N)sc12. The van der Waals surface area contributed by atoms with E-state index in [1.807, 2.05) is 0 Å². The Morgan fingerprint density at radius 3 is 2.73 bits per heavy atom. The molecule has 6 nitrogen and oxygen atoms in total. The van der Waals surface area contributed by atoms with E-state index in [0.29, 0.717) is 35.8 Å². The van der Waals surface area contributed by atoms with E-state index in [0.717, 1.165) is 17.0 Å². The number of alkyl halides is 3. The predicted molar refractivity (Wildman–Crippen MR) is 106 cm³/mol. The van der Waals surface area contributed by atoms with Gasteiger partial charge in [-0.25, -0.2) is 9.78 Å². The van der Waals surface area contributed by atoms with Gasteiger partial charge in [0.15, 0.2) is 10.7 Å². The minimum Gasteiger partial charge on any atom is -0.479 e. The van der Waals surface area contributed by atoms with Crippen LogP contribution in [0.3, 0.4) is 0 Å². The normalized spacial score (nSPS) is 21.1. The molecule has 0 radical (unpaired) electrons. The van der Waals surface area contributed by atoms with Crippen LogP contribution in [0.2, 0.25) is 0 Å². The molecule has 2 aliphatic heterocycles. The van der Waals surface area contributed by atoms with Crippen molar-refractivity contribution in [2.75, 3.05) is 18.8 Å². The van der Waals surface area contributed by atoms with Crippen LogP contribution in [0.5, 0.6) is 5.75 Å². The Balaban J connectivity index is 1.75. The van der Waals surface area contributed by atoms with Crippen LogP contribution in [-0.4, -0.2) is 34.7 Å². The first kappa shape index (κ1) is 20.8. The van der Waals surface area contributed by atoms with Gasteiger partial charge in [0.2, 0.25) is 0 Å². The third kappa shape index (κ3) is 3.68. The van der Waals surface area contributed by atoms with Gasteiger partial charge in [0.25, 0.3) is 0 Å². The van der Waals surface area contributed by atoms with Crippen LogP contribution in [0.4, 0.5) is 23.1 Å². The van der Waals surface area contributed by atoms with Gasteiger partial charge in [-0.15, -0.1) is 0 Å². The second-order valence-electron chi connectivity index (χ2n) is 8.54. The molecular weight excluding hydrogens is 419 g/mol. The van der Waals surface area contributed by atoms with Crippen LogP contribution in [0.15, 0.2) is 18.2 Å². The van der Waals surface area contributed by atoms with E-state index >= 15 is 0 Å². The molecule has 0 saturated carbocycles. The number of carbonyl (C=O) groups excluding carboxylic acids is 1. The molecule has 1 amide bonds. The molecule has 10 heteroatoms. The summed E-state index contributed by atoms with van der Waals surface area (Å²) in [6.45, 7) is 5.95. The molecule has 2 N–H and O–H groups in total. The van der Waals surface area contributed by atoms with Gasteiger partial charge in [0, 0.05) is 12.1 Å². The van der Waals surface area contributed by atoms with E-state index in [1.165, 1.54) is 22.3 Å². The summed E-state index contributed by atoms with van der Waals surface area (Å²) in [6.07, 6.45) is -3.86. The summed E-state index contributed by atoms with van der Waals surface area (Å²) < 4.78 is 51.5. The van der Waals surface area contributed by atoms with E-state index in [-0.39, 0.29) is 12.3 Å². The molecule has 1 unspecified atom stereocenters. The highest BCUT2D eigenvalue weighted by Gasteiger charge is 2.48. The fourth-order valence-electron chi connectivity index (χ4n) is 3.84. The van der Waals surface area contributed by atoms with E-state index in [9.17, 15) is 18.0 Å². The number of anilines is 1. The van der Waals surface area contributed by atoms with Crippen molar-refractivity contribution in [2.24, 2.45) is 0 Å². The zero-order chi connectivity index (χ0) is 21.9. The molecule has 162 valence electrons. The molecule has 1 saturated heterocycles. The lowest BCUT2D eigenvalue weighted by molar-refractivity contribution is -0.137. The van der Waals surface area contributed by atoms with Crippen molar-refractivity contribution in [1.82, 2.24) is 9.88 Å². The number of piperidine rings is 1. The smallest absolute Gasteiger partial charge is 0.416 e. The Labute approximate surface area is 175 Å². The molecule has 1 aromatic heterocycles. The molecule has 30 heavy (non-hydrogen) atoms. The van der Waals surface area contributed by atoms with Gasteiger partial charge in [-0.05, 0) is 51.8 Å². The lowest BCUT2D eigenvalue weighted by Gasteiger charge is -2.44. The average molecular weight is 441 g/mol. The molecule has 1 aromatic carbocycles. The summed E-state index contributed by atoms with van der Waals surface area (Å²) >= 11 is 1.24. The Morgan fingerprint density at radius 2 is 2.07 bits per heavy atom. The first-order chi connectivity index (χ1) is 13.9. The van der Waals surface area contributed by atoms with Gasteiger partial charge < -0.3 is 20.1 Å². The van der Waals surface area contributed by atoms with E-state index in [2.05, 4.69) is 4.98 Å². The number of nitrogens with zero attached hydrogens (tertiary/aromatic N) is 2. The van der Waals surface area contributed by atoms with Crippen molar-refractivity contribution in [3.8, 4) is 17.0 Å². The van der Waals surface area contributed by atoms with Crippen LogP contribution < -0.4 is 10.5 Å². The molecular formula is C20H22F3N3O3S. The molecule has 2 aliphatic rings. The Morgan fingerprint density at radius 1 is 1.33 bits per heavy atom. The number of rotatable bonds is 0. The number of thiazole rings is 1. The number of hydrogen-bond donors (Lipinski definition) is 1. The Bertz CT molecular complexity index is 999. The first-order valence-corrected chi connectivity index (χ1v) is 10.3. The Kier molecular flexibility index (Phi) is 4.68. The first-order valence-electron chi connectivity index (χ1n) is 9.53. The number of carbonyl (C=O) groups is 1. The van der Waals surface area contributed by atoms with E-state index in [1.54, 1.807) is 20.8 Å². The van der Waals surface area contributed by atoms with Crippen LogP contribution in [0, 0.1) is 0 Å². The number of benzene rings is 1. The fourth-order valence-corrected chi connectivity index (χ4v) is 4.83. The number of fused-ring (bicyclic) bond motifs is 4. The Hall–Kier alpha value is -2.49. The molecule has 4 rings (SSSR count). The zero-order valence-electron chi connectivity index (χ0n) is 16.8. The molecule has 0 aliphatic carbocycles. The van der Waals surface area contributed by atoms with Gasteiger partial charge in [-0.1, -0.05) is 11.3 Å². The van der Waals surface area contributed by atoms with Crippen molar-refractivity contribution in [3.05, 3.63) is 28.6 Å². The monoisotopic (exact) mass is 441 g/mol. The average Bonchev–Trinajstić information content (AvgIpc) is 3.02. The summed E-state index contributed by atoms with van der Waals surface area (Å²) in [5, 5.41) is 0.296. The maximum absolute atomic E-state index is 13.3. The zero-order valence-corrected chi connectivity index (χ0v) is 17.6. The van der Waals surface area contributed by atoms with Crippen LogP contribution >= 0.6 is 11.3 Å². The summed E-state index contributed by atoms with van der Waals surface area (Å²) in [7, 11) is 0. The van der Waals surface area contributed by atoms with Crippen molar-refractivity contribution < 1.29 is 27.4 Å². The summed E-state index contributed by atoms with van der Waals surface area (Å²) in [5.41, 5.74) is 4.44. The van der Waals surface area contributed by atoms with Crippen molar-refractivity contribution in [1.29, 1.82) is 0 Å². The van der Waals surface area contributed by atoms with E-state index in [4.69, 9.17) is 15.2 Å². The molecule has 3 heterocycles. The van der Waals surface area contributed by atoms with Crippen molar-refractivity contribution >= 4 is 22.6 Å². The maximum Gasteiger partial charge on any atom is 0.416 e. The second kappa shape index (κ2) is 6.76. The number of likely N-dealkylation sites (tertiary alicyclic amines) is 1. The molecule has 2 aromatic rings. The van der Waals surface area contributed by atoms with Gasteiger partial charge in [0.05, 0.1) is 22.7 Å². The van der Waals surface area contributed by atoms with Crippen LogP contribution in [-0.2, 0) is 16.5 Å². The fraction of sp³-hybridized carbons (Fsp3) is 0.500. The number of ether oxygens (including phenoxy) is 2. The maximum atomic E-state index is 13.3. The van der Waals surface area contributed by atoms with Crippen molar-refractivity contribution in [3.63, 3.8) is 0 Å². The molecule has 1 fully saturated rings. The highest BCUT2D eigenvalue weighted by Crippen LogP contribution is 2.52. The van der Waals surface area contributed by atoms with Gasteiger partial charge in [-0.2, -0.15) is 13.2 Å². The topological polar surface area (TPSA) is 77.7 Å². The van der Waals surface area contributed by atoms with Gasteiger partial charge in [-0.3, -0.25) is 0 Å². The summed E-state index contributed by atoms with van der Waals surface area (Å²) in [6, 6.07) is 3.35. The summed E-state index contributed by atoms with van der Waals surface area (Å²) in [4.78, 5) is 19.3. The predicted octanol–water partition coefficient (Wildman–Crippen LogP) is 5.03. The standard InChI is InChI=1S/C20H22F3N3O3S/c1-18(2,3)29-17(27)26-8-4-7-19(10-26)15-14(25-16(24)30-15)12-6-5-11(20(21,22)23)9-13(12)28-19/h5-6,9H,4,7-8,10H2,1-3H3,(H2,24,25). The number of hydrogen-bond acceptors (Lipinski definition) is 6. The number of amides is 1. The quantitative estimate of drug-likeness (QED) is 0.621. The number of halogens is 3. The lowest BCUT2D eigenvalue weighted by atomic mass is 9.86. The molecule has 0 bridgehead atoms. The minimum absolute atomic E-state index is 0.0914. The van der Waals surface area contributed by atoms with Gasteiger partial charge >= 0.3 is 12.3 Å². The lowest BCUT2D eigenvalue weighted by Crippen LogP contribution is -2.53. The molecule has 1 atom stereocenters. The third-order valence-electron chi connectivity index (χ3n) is 5.03. The van der Waals surface area contributed by atoms with Gasteiger partial charge in [0.1, 0.15) is 11.4 Å². The highest BCUT2D eigenvalue weighted by molar-refractivity contribution is 7.16. The second-order valence-corrected chi connectivity index (χ2v) is 9.57. The number of nitrogens with two attached hydrogens (primary N) is 1. The summed E-state index contributed by atoms with van der Waals surface area (Å²) in [5.74, 6) is 0.0914. The third-order valence-corrected chi connectivity index (χ3v) is 6.10. The van der Waals surface area contributed by atoms with Crippen LogP contribution in [0.1, 0.15) is 44.1 Å². The van der Waals surface area contributed by atoms with Crippen molar-refractivity contribution in [2.45, 2.75) is 51.0 Å². The highest BCUT2D eigenvalue weighted by atomic mass is 32.1. The number of aromatic nitrogens is 1. The molecule has 1 spiro atoms. The number of nitrogen functional groups attached to an aromatic ring is 1. The largest absolute Gasteiger partial charge is 0.479 e. The minimum atomic E-state index is -4.50. The van der Waals surface area contributed by atoms with E-state index < -0.39 is 29.0 Å². The van der Waals surface area contributed by atoms with Crippen LogP contribution in [0.25, 0.3) is 11.3 Å².